The minimum absolute atomic E-state index is 0.0363. The third kappa shape index (κ3) is 5.59. The fourth-order valence-corrected chi connectivity index (χ4v) is 6.24. The molecular weight excluding hydrogens is 724 g/mol. The van der Waals surface area contributed by atoms with Crippen molar-refractivity contribution in [2.45, 2.75) is 0 Å². The Labute approximate surface area is 297 Å². The molecule has 8 rings (SSSR count). The highest BCUT2D eigenvalue weighted by Crippen LogP contribution is 2.37. The van der Waals surface area contributed by atoms with Gasteiger partial charge in [-0.15, -0.1) is 0 Å². The summed E-state index contributed by atoms with van der Waals surface area (Å²) in [6.45, 7) is 0. The van der Waals surface area contributed by atoms with Gasteiger partial charge in [0, 0.05) is 5.56 Å². The summed E-state index contributed by atoms with van der Waals surface area (Å²) >= 11 is 0. The topological polar surface area (TPSA) is 38.7 Å². The zero-order chi connectivity index (χ0) is 38.0. The molecule has 0 N–H and O–H groups in total. The van der Waals surface area contributed by atoms with Crippen molar-refractivity contribution in [2.75, 3.05) is 0 Å². The van der Waals surface area contributed by atoms with Gasteiger partial charge in [-0.2, -0.15) is 0 Å². The molecule has 8 aromatic rings. The molecule has 7 aromatic carbocycles. The Morgan fingerprint density at radius 2 is 0.722 bits per heavy atom. The first-order valence-electron chi connectivity index (χ1n) is 15.9. The van der Waals surface area contributed by atoms with Crippen LogP contribution in [0.15, 0.2) is 103 Å². The minimum Gasteiger partial charge on any atom is -0.208 e. The minimum atomic E-state index is -2.52. The maximum Gasteiger partial charge on any atom is 0.200 e. The van der Waals surface area contributed by atoms with E-state index < -0.39 is 86.8 Å². The molecule has 0 saturated carbocycles. The second-order valence-corrected chi connectivity index (χ2v) is 12.1. The standard InChI is InChI=1S/C41H17F10N3/c42-29-27(30(43)34(47)37(50)33(29)46)40-52-39(53-41(54-40)28-31(44)35(48)38(51)36(49)32(28)45)24-14-13-21-15-20(11-12-22(21)17-24)19-7-3-8-23(16-19)26-10-4-6-18-5-1-2-9-25(18)26/h1-17H. The van der Waals surface area contributed by atoms with E-state index in [1.807, 2.05) is 72.8 Å². The number of benzene rings is 7. The van der Waals surface area contributed by atoms with Crippen LogP contribution in [0, 0.1) is 58.2 Å². The molecule has 0 aliphatic carbocycles. The lowest BCUT2D eigenvalue weighted by Gasteiger charge is -2.13. The Balaban J connectivity index is 1.26. The molecule has 0 aliphatic heterocycles. The van der Waals surface area contributed by atoms with E-state index in [1.165, 1.54) is 12.1 Å². The second-order valence-electron chi connectivity index (χ2n) is 12.1. The average molecular weight is 742 g/mol. The van der Waals surface area contributed by atoms with Gasteiger partial charge in [-0.25, -0.2) is 58.9 Å². The summed E-state index contributed by atoms with van der Waals surface area (Å²) in [5.41, 5.74) is 0.221. The van der Waals surface area contributed by atoms with Crippen molar-refractivity contribution in [3.05, 3.63) is 161 Å². The molecule has 3 nitrogen and oxygen atoms in total. The van der Waals surface area contributed by atoms with Crippen LogP contribution in [-0.2, 0) is 0 Å². The maximum absolute atomic E-state index is 14.9. The number of nitrogens with zero attached hydrogens (tertiary/aromatic N) is 3. The average Bonchev–Trinajstić information content (AvgIpc) is 3.20. The van der Waals surface area contributed by atoms with Crippen molar-refractivity contribution >= 4 is 21.5 Å². The summed E-state index contributed by atoms with van der Waals surface area (Å²) in [7, 11) is 0. The van der Waals surface area contributed by atoms with Gasteiger partial charge in [-0.1, -0.05) is 84.9 Å². The third-order valence-electron chi connectivity index (χ3n) is 8.90. The Kier molecular flexibility index (Phi) is 8.36. The van der Waals surface area contributed by atoms with Crippen LogP contribution in [0.5, 0.6) is 0 Å². The number of hydrogen-bond acceptors (Lipinski definition) is 3. The number of fused-ring (bicyclic) bond motifs is 2. The van der Waals surface area contributed by atoms with E-state index in [-0.39, 0.29) is 5.56 Å². The molecule has 0 unspecified atom stereocenters. The SMILES string of the molecule is Fc1c(F)c(F)c(-c2nc(-c3ccc4cc(-c5cccc(-c6cccc7ccccc67)c5)ccc4c3)nc(-c3c(F)c(F)c(F)c(F)c3F)n2)c(F)c1F. The molecule has 0 amide bonds. The van der Waals surface area contributed by atoms with Gasteiger partial charge in [0.05, 0.1) is 11.1 Å². The summed E-state index contributed by atoms with van der Waals surface area (Å²) in [4.78, 5) is 11.1. The quantitative estimate of drug-likeness (QED) is 0.100. The van der Waals surface area contributed by atoms with Crippen LogP contribution < -0.4 is 0 Å². The van der Waals surface area contributed by atoms with Gasteiger partial charge in [0.2, 0.25) is 11.6 Å². The fourth-order valence-electron chi connectivity index (χ4n) is 6.24. The first-order valence-corrected chi connectivity index (χ1v) is 15.9. The van der Waals surface area contributed by atoms with E-state index in [0.29, 0.717) is 10.8 Å². The Bertz CT molecular complexity index is 2710. The Hall–Kier alpha value is -6.63. The predicted molar refractivity (Wildman–Crippen MR) is 182 cm³/mol. The molecule has 13 heteroatoms. The highest BCUT2D eigenvalue weighted by molar-refractivity contribution is 5.97. The van der Waals surface area contributed by atoms with E-state index in [0.717, 1.165) is 33.0 Å². The van der Waals surface area contributed by atoms with Crippen molar-refractivity contribution in [2.24, 2.45) is 0 Å². The van der Waals surface area contributed by atoms with E-state index in [2.05, 4.69) is 15.0 Å². The molecular formula is C41H17F10N3. The normalized spacial score (nSPS) is 11.5. The van der Waals surface area contributed by atoms with Crippen LogP contribution in [0.4, 0.5) is 43.9 Å². The van der Waals surface area contributed by atoms with Crippen LogP contribution in [0.3, 0.4) is 0 Å². The maximum atomic E-state index is 14.9. The van der Waals surface area contributed by atoms with Gasteiger partial charge < -0.3 is 0 Å². The lowest BCUT2D eigenvalue weighted by Crippen LogP contribution is -2.10. The number of halogens is 10. The lowest BCUT2D eigenvalue weighted by atomic mass is 9.94. The van der Waals surface area contributed by atoms with Gasteiger partial charge in [-0.3, -0.25) is 0 Å². The van der Waals surface area contributed by atoms with Gasteiger partial charge in [0.1, 0.15) is 0 Å². The summed E-state index contributed by atoms with van der Waals surface area (Å²) in [6.07, 6.45) is 0. The molecule has 1 heterocycles. The molecule has 1 aromatic heterocycles. The molecule has 0 aliphatic rings. The van der Waals surface area contributed by atoms with Crippen LogP contribution in [0.2, 0.25) is 0 Å². The Morgan fingerprint density at radius 3 is 1.31 bits per heavy atom. The molecule has 0 saturated heterocycles. The van der Waals surface area contributed by atoms with Crippen LogP contribution >= 0.6 is 0 Å². The van der Waals surface area contributed by atoms with Crippen molar-refractivity contribution < 1.29 is 43.9 Å². The number of aromatic nitrogens is 3. The highest BCUT2D eigenvalue weighted by Gasteiger charge is 2.32. The molecule has 266 valence electrons. The van der Waals surface area contributed by atoms with E-state index in [9.17, 15) is 43.9 Å². The molecule has 0 fully saturated rings. The van der Waals surface area contributed by atoms with Crippen LogP contribution in [-0.4, -0.2) is 15.0 Å². The smallest absolute Gasteiger partial charge is 0.200 e. The van der Waals surface area contributed by atoms with Crippen molar-refractivity contribution in [1.29, 1.82) is 0 Å². The van der Waals surface area contributed by atoms with Gasteiger partial charge in [0.25, 0.3) is 0 Å². The second kappa shape index (κ2) is 13.1. The largest absolute Gasteiger partial charge is 0.208 e. The summed E-state index contributed by atoms with van der Waals surface area (Å²) in [5.74, 6) is -27.6. The lowest BCUT2D eigenvalue weighted by molar-refractivity contribution is 0.380. The number of hydrogen-bond donors (Lipinski definition) is 0. The van der Waals surface area contributed by atoms with E-state index in [4.69, 9.17) is 0 Å². The first-order chi connectivity index (χ1) is 25.9. The van der Waals surface area contributed by atoms with Crippen molar-refractivity contribution in [3.63, 3.8) is 0 Å². The van der Waals surface area contributed by atoms with Crippen LogP contribution in [0.25, 0.3) is 78.0 Å². The van der Waals surface area contributed by atoms with E-state index >= 15 is 0 Å². The summed E-state index contributed by atoms with van der Waals surface area (Å²) in [6, 6.07) is 31.6. The Morgan fingerprint density at radius 1 is 0.296 bits per heavy atom. The van der Waals surface area contributed by atoms with Gasteiger partial charge >= 0.3 is 0 Å². The third-order valence-corrected chi connectivity index (χ3v) is 8.90. The zero-order valence-corrected chi connectivity index (χ0v) is 26.9. The predicted octanol–water partition coefficient (Wildman–Crippen LogP) is 11.9. The summed E-state index contributed by atoms with van der Waals surface area (Å²) in [5, 5.41) is 3.32. The summed E-state index contributed by atoms with van der Waals surface area (Å²) < 4.78 is 144. The van der Waals surface area contributed by atoms with Gasteiger partial charge in [0.15, 0.2) is 64.0 Å². The van der Waals surface area contributed by atoms with E-state index in [1.54, 1.807) is 18.2 Å². The molecule has 0 bridgehead atoms. The van der Waals surface area contributed by atoms with Crippen LogP contribution in [0.1, 0.15) is 0 Å². The van der Waals surface area contributed by atoms with Crippen molar-refractivity contribution in [1.82, 2.24) is 15.0 Å². The fraction of sp³-hybridized carbons (Fsp3) is 0. The first kappa shape index (κ1) is 34.5. The van der Waals surface area contributed by atoms with Crippen molar-refractivity contribution in [3.8, 4) is 56.4 Å². The highest BCUT2D eigenvalue weighted by atomic mass is 19.2. The molecule has 0 spiro atoms. The number of rotatable bonds is 5. The molecule has 0 radical (unpaired) electrons. The molecule has 0 atom stereocenters. The zero-order valence-electron chi connectivity index (χ0n) is 26.9. The molecule has 54 heavy (non-hydrogen) atoms. The monoisotopic (exact) mass is 741 g/mol. The van der Waals surface area contributed by atoms with Gasteiger partial charge in [-0.05, 0) is 62.0 Å².